The third kappa shape index (κ3) is 4.68. The topological polar surface area (TPSA) is 59.9 Å². The summed E-state index contributed by atoms with van der Waals surface area (Å²) in [5, 5.41) is 3.98. The van der Waals surface area contributed by atoms with E-state index in [-0.39, 0.29) is 5.91 Å². The number of rotatable bonds is 5. The molecule has 0 radical (unpaired) electrons. The van der Waals surface area contributed by atoms with Gasteiger partial charge in [-0.05, 0) is 58.5 Å². The second kappa shape index (κ2) is 8.30. The first-order chi connectivity index (χ1) is 11.0. The Morgan fingerprint density at radius 3 is 2.70 bits per heavy atom. The van der Waals surface area contributed by atoms with E-state index in [1.54, 1.807) is 44.7 Å². The van der Waals surface area contributed by atoms with Gasteiger partial charge in [0.25, 0.3) is 5.91 Å². The molecule has 23 heavy (non-hydrogen) atoms. The van der Waals surface area contributed by atoms with E-state index in [9.17, 15) is 4.79 Å². The maximum Gasteiger partial charge on any atom is 0.271 e. The number of amides is 1. The Morgan fingerprint density at radius 1 is 1.26 bits per heavy atom. The molecule has 0 aliphatic rings. The van der Waals surface area contributed by atoms with E-state index in [0.29, 0.717) is 17.1 Å². The fourth-order valence-corrected chi connectivity index (χ4v) is 3.12. The molecule has 0 saturated heterocycles. The Morgan fingerprint density at radius 2 is 2.04 bits per heavy atom. The van der Waals surface area contributed by atoms with Gasteiger partial charge in [0.1, 0.15) is 0 Å². The van der Waals surface area contributed by atoms with Crippen LogP contribution in [-0.4, -0.2) is 26.3 Å². The predicted octanol–water partition coefficient (Wildman–Crippen LogP) is 3.83. The zero-order valence-corrected chi connectivity index (χ0v) is 16.2. The number of nitrogens with zero attached hydrogens (tertiary/aromatic N) is 1. The summed E-state index contributed by atoms with van der Waals surface area (Å²) in [6, 6.07) is 10.8. The van der Waals surface area contributed by atoms with Gasteiger partial charge in [-0.15, -0.1) is 0 Å². The van der Waals surface area contributed by atoms with Gasteiger partial charge in [0.15, 0.2) is 11.5 Å². The Bertz CT molecular complexity index is 750. The van der Waals surface area contributed by atoms with Crippen molar-refractivity contribution in [2.45, 2.75) is 0 Å². The highest BCUT2D eigenvalue weighted by Crippen LogP contribution is 2.32. The van der Waals surface area contributed by atoms with Crippen molar-refractivity contribution >= 4 is 50.6 Å². The Balaban J connectivity index is 2.11. The summed E-state index contributed by atoms with van der Waals surface area (Å²) in [5.41, 5.74) is 3.81. The zero-order chi connectivity index (χ0) is 16.8. The summed E-state index contributed by atoms with van der Waals surface area (Å²) < 4.78 is 12.3. The quantitative estimate of drug-likeness (QED) is 0.395. The Kier molecular flexibility index (Phi) is 6.40. The maximum absolute atomic E-state index is 12.0. The van der Waals surface area contributed by atoms with Gasteiger partial charge in [-0.2, -0.15) is 5.10 Å². The highest BCUT2D eigenvalue weighted by atomic mass is 127. The van der Waals surface area contributed by atoms with Crippen molar-refractivity contribution in [2.24, 2.45) is 5.10 Å². The second-order valence-electron chi connectivity index (χ2n) is 4.45. The number of carbonyl (C=O) groups is 1. The first-order valence-electron chi connectivity index (χ1n) is 6.55. The normalized spacial score (nSPS) is 10.6. The molecule has 0 heterocycles. The molecule has 0 bridgehead atoms. The molecule has 120 valence electrons. The molecule has 2 aromatic carbocycles. The van der Waals surface area contributed by atoms with E-state index in [2.05, 4.69) is 49.0 Å². The standard InChI is InChI=1S/C16H14BrIN2O3/c1-22-14-7-10(6-13(18)15(14)23-2)9-19-20-16(21)11-4-3-5-12(17)8-11/h3-9H,1-2H3,(H,20,21)/b19-9-. The van der Waals surface area contributed by atoms with Crippen molar-refractivity contribution in [1.82, 2.24) is 5.43 Å². The van der Waals surface area contributed by atoms with E-state index in [1.807, 2.05) is 12.1 Å². The van der Waals surface area contributed by atoms with E-state index in [1.165, 1.54) is 0 Å². The number of hydrazone groups is 1. The Hall–Kier alpha value is -1.61. The lowest BCUT2D eigenvalue weighted by atomic mass is 10.2. The third-order valence-corrected chi connectivity index (χ3v) is 4.22. The minimum absolute atomic E-state index is 0.280. The fourth-order valence-electron chi connectivity index (χ4n) is 1.87. The van der Waals surface area contributed by atoms with E-state index in [4.69, 9.17) is 9.47 Å². The highest BCUT2D eigenvalue weighted by Gasteiger charge is 2.09. The molecule has 0 saturated carbocycles. The largest absolute Gasteiger partial charge is 0.493 e. The van der Waals surface area contributed by atoms with Crippen LogP contribution in [0.3, 0.4) is 0 Å². The van der Waals surface area contributed by atoms with Crippen molar-refractivity contribution in [3.8, 4) is 11.5 Å². The van der Waals surface area contributed by atoms with Gasteiger partial charge in [0.2, 0.25) is 0 Å². The van der Waals surface area contributed by atoms with Gasteiger partial charge < -0.3 is 9.47 Å². The van der Waals surface area contributed by atoms with Crippen LogP contribution in [0.5, 0.6) is 11.5 Å². The molecule has 0 fully saturated rings. The van der Waals surface area contributed by atoms with Crippen LogP contribution in [0.2, 0.25) is 0 Å². The van der Waals surface area contributed by atoms with Crippen molar-refractivity contribution in [1.29, 1.82) is 0 Å². The van der Waals surface area contributed by atoms with Crippen molar-refractivity contribution in [3.05, 3.63) is 55.6 Å². The van der Waals surface area contributed by atoms with Crippen LogP contribution in [-0.2, 0) is 0 Å². The summed E-state index contributed by atoms with van der Waals surface area (Å²) in [6.07, 6.45) is 1.56. The second-order valence-corrected chi connectivity index (χ2v) is 6.53. The molecule has 0 atom stereocenters. The van der Waals surface area contributed by atoms with E-state index in [0.717, 1.165) is 13.6 Å². The van der Waals surface area contributed by atoms with E-state index >= 15 is 0 Å². The number of benzene rings is 2. The van der Waals surface area contributed by atoms with Crippen molar-refractivity contribution < 1.29 is 14.3 Å². The molecule has 0 unspecified atom stereocenters. The molecule has 5 nitrogen and oxygen atoms in total. The van der Waals surface area contributed by atoms with Crippen LogP contribution in [0, 0.1) is 3.57 Å². The first kappa shape index (κ1) is 17.7. The lowest BCUT2D eigenvalue weighted by Crippen LogP contribution is -2.17. The van der Waals surface area contributed by atoms with Gasteiger partial charge in [-0.1, -0.05) is 22.0 Å². The van der Waals surface area contributed by atoms with Gasteiger partial charge >= 0.3 is 0 Å². The highest BCUT2D eigenvalue weighted by molar-refractivity contribution is 14.1. The number of nitrogens with one attached hydrogen (secondary N) is 1. The van der Waals surface area contributed by atoms with Crippen LogP contribution in [0.4, 0.5) is 0 Å². The average Bonchev–Trinajstić information content (AvgIpc) is 2.54. The number of hydrogen-bond acceptors (Lipinski definition) is 4. The summed E-state index contributed by atoms with van der Waals surface area (Å²) in [4.78, 5) is 12.0. The predicted molar refractivity (Wildman–Crippen MR) is 101 cm³/mol. The van der Waals surface area contributed by atoms with Crippen molar-refractivity contribution in [2.75, 3.05) is 14.2 Å². The molecule has 0 aromatic heterocycles. The van der Waals surface area contributed by atoms with Crippen LogP contribution in [0.15, 0.2) is 46.0 Å². The molecular formula is C16H14BrIN2O3. The average molecular weight is 489 g/mol. The lowest BCUT2D eigenvalue weighted by molar-refractivity contribution is 0.0955. The summed E-state index contributed by atoms with van der Waals surface area (Å²) in [7, 11) is 3.16. The van der Waals surface area contributed by atoms with E-state index < -0.39 is 0 Å². The van der Waals surface area contributed by atoms with Gasteiger partial charge in [0.05, 0.1) is 24.0 Å². The maximum atomic E-state index is 12.0. The number of hydrogen-bond donors (Lipinski definition) is 1. The van der Waals surface area contributed by atoms with Crippen LogP contribution in [0.1, 0.15) is 15.9 Å². The number of ether oxygens (including phenoxy) is 2. The Labute approximate surface area is 156 Å². The molecule has 0 aliphatic carbocycles. The molecule has 0 spiro atoms. The third-order valence-electron chi connectivity index (χ3n) is 2.92. The molecule has 7 heteroatoms. The molecule has 0 aliphatic heterocycles. The minimum Gasteiger partial charge on any atom is -0.493 e. The van der Waals surface area contributed by atoms with Gasteiger partial charge in [-0.25, -0.2) is 5.43 Å². The van der Waals surface area contributed by atoms with Crippen LogP contribution in [0.25, 0.3) is 0 Å². The number of methoxy groups -OCH3 is 2. The number of halogens is 2. The van der Waals surface area contributed by atoms with Gasteiger partial charge in [0, 0.05) is 10.0 Å². The van der Waals surface area contributed by atoms with Crippen molar-refractivity contribution in [3.63, 3.8) is 0 Å². The molecule has 2 aromatic rings. The first-order valence-corrected chi connectivity index (χ1v) is 8.43. The van der Waals surface area contributed by atoms with Crippen LogP contribution < -0.4 is 14.9 Å². The number of carbonyl (C=O) groups excluding carboxylic acids is 1. The lowest BCUT2D eigenvalue weighted by Gasteiger charge is -2.10. The molecular weight excluding hydrogens is 475 g/mol. The molecule has 2 rings (SSSR count). The van der Waals surface area contributed by atoms with Gasteiger partial charge in [-0.3, -0.25) is 4.79 Å². The SMILES string of the molecule is COc1cc(/C=N\NC(=O)c2cccc(Br)c2)cc(I)c1OC. The minimum atomic E-state index is -0.280. The fraction of sp³-hybridized carbons (Fsp3) is 0.125. The molecule has 1 N–H and O–H groups in total. The monoisotopic (exact) mass is 488 g/mol. The summed E-state index contributed by atoms with van der Waals surface area (Å²) in [6.45, 7) is 0. The molecule has 1 amide bonds. The summed E-state index contributed by atoms with van der Waals surface area (Å²) >= 11 is 5.48. The van der Waals surface area contributed by atoms with Crippen LogP contribution >= 0.6 is 38.5 Å². The zero-order valence-electron chi connectivity index (χ0n) is 12.5. The summed E-state index contributed by atoms with van der Waals surface area (Å²) in [5.74, 6) is 1.00. The smallest absolute Gasteiger partial charge is 0.271 e.